The first kappa shape index (κ1) is 25.2. The van der Waals surface area contributed by atoms with Gasteiger partial charge in [-0.3, -0.25) is 4.90 Å². The molecule has 1 saturated heterocycles. The molecular weight excluding hydrogens is 472 g/mol. The molecule has 4 N–H and O–H groups in total. The number of rotatable bonds is 10. The number of hydrogen-bond donors (Lipinski definition) is 4. The van der Waals surface area contributed by atoms with E-state index >= 15 is 0 Å². The smallest absolute Gasteiger partial charge is 0.423 e. The van der Waals surface area contributed by atoms with Crippen molar-refractivity contribution in [3.63, 3.8) is 0 Å². The summed E-state index contributed by atoms with van der Waals surface area (Å²) in [4.78, 5) is 13.6. The standard InChI is InChI=1S/C26H29B2N3O6/c32-27(33)23-9-6-7-20(15-23)17-29-37-26-16-24(12-11-22(26)19-31-13-4-1-5-14-31)36-30-18-21-8-2-3-10-25(21)28(34)35/h2-3,6-12,15-18,32-35H,1,4-5,13-14,19H2/b29-17+,30-18+/i17D,27+0,28-1,30+1. The molecule has 0 amide bonds. The van der Waals surface area contributed by atoms with Crippen molar-refractivity contribution in [1.29, 1.82) is 0 Å². The zero-order valence-corrected chi connectivity index (χ0v) is 20.3. The van der Waals surface area contributed by atoms with Gasteiger partial charge in [-0.2, -0.15) is 0 Å². The highest BCUT2D eigenvalue weighted by atomic mass is 16.8. The van der Waals surface area contributed by atoms with Gasteiger partial charge in [0.2, 0.25) is 0 Å². The fraction of sp³-hybridized carbons (Fsp3) is 0.231. The predicted octanol–water partition coefficient (Wildman–Crippen LogP) is 0.858. The third-order valence-electron chi connectivity index (χ3n) is 6.01. The predicted molar refractivity (Wildman–Crippen MR) is 145 cm³/mol. The normalized spacial score (nSPS) is 14.9. The number of hydrogen-bond acceptors (Lipinski definition) is 9. The number of oxime groups is 2. The van der Waals surface area contributed by atoms with Crippen LogP contribution in [0.2, 0.25) is 0 Å². The Balaban J connectivity index is 1.55. The molecule has 1 aliphatic rings. The molecule has 3 aromatic rings. The first-order chi connectivity index (χ1) is 18.4. The Bertz CT molecular complexity index is 1290. The summed E-state index contributed by atoms with van der Waals surface area (Å²) in [6.07, 6.45) is 4.70. The summed E-state index contributed by atoms with van der Waals surface area (Å²) >= 11 is 0. The van der Waals surface area contributed by atoms with Crippen molar-refractivity contribution in [2.45, 2.75) is 25.8 Å². The molecule has 4 rings (SSSR count). The number of likely N-dealkylation sites (tertiary alicyclic amines) is 1. The molecule has 11 heteroatoms. The van der Waals surface area contributed by atoms with E-state index in [1.54, 1.807) is 54.6 Å². The Morgan fingerprint density at radius 2 is 1.68 bits per heavy atom. The first-order valence-electron chi connectivity index (χ1n) is 12.6. The van der Waals surface area contributed by atoms with E-state index in [1.165, 1.54) is 18.7 Å². The SMILES string of the molecule is [2H]/C(=N\Oc1cc(O/[15N]=C/c2ccccc2[10B](O)O)ccc1CN1CCCCC1)c1cccc([11B](O)O)c1. The van der Waals surface area contributed by atoms with Gasteiger partial charge < -0.3 is 29.8 Å². The average Bonchev–Trinajstić information content (AvgIpc) is 2.93. The molecule has 1 aliphatic heterocycles. The largest absolute Gasteiger partial charge is 0.489 e. The molecule has 1 heterocycles. The van der Waals surface area contributed by atoms with Gasteiger partial charge in [-0.05, 0) is 54.1 Å². The van der Waals surface area contributed by atoms with E-state index < -0.39 is 14.2 Å². The highest BCUT2D eigenvalue weighted by Gasteiger charge is 2.16. The second-order valence-electron chi connectivity index (χ2n) is 8.73. The van der Waals surface area contributed by atoms with Crippen molar-refractivity contribution >= 4 is 37.6 Å². The fourth-order valence-corrected chi connectivity index (χ4v) is 4.07. The van der Waals surface area contributed by atoms with Crippen LogP contribution >= 0.6 is 0 Å². The highest BCUT2D eigenvalue weighted by Crippen LogP contribution is 2.27. The van der Waals surface area contributed by atoms with Crippen LogP contribution in [0.3, 0.4) is 0 Å². The van der Waals surface area contributed by atoms with Crippen molar-refractivity contribution < 1.29 is 31.1 Å². The van der Waals surface area contributed by atoms with Crippen molar-refractivity contribution in [3.05, 3.63) is 83.4 Å². The van der Waals surface area contributed by atoms with E-state index in [9.17, 15) is 20.1 Å². The summed E-state index contributed by atoms with van der Waals surface area (Å²) in [6.45, 7) is 2.62. The van der Waals surface area contributed by atoms with Crippen LogP contribution in [0, 0.1) is 0 Å². The monoisotopic (exact) mass is 502 g/mol. The molecule has 0 unspecified atom stereocenters. The van der Waals surface area contributed by atoms with Crippen LogP contribution < -0.4 is 20.6 Å². The second-order valence-corrected chi connectivity index (χ2v) is 8.73. The Hall–Kier alpha value is -3.47. The highest BCUT2D eigenvalue weighted by molar-refractivity contribution is 6.60. The van der Waals surface area contributed by atoms with Crippen LogP contribution in [0.1, 0.15) is 37.3 Å². The van der Waals surface area contributed by atoms with Crippen molar-refractivity contribution in [2.24, 2.45) is 10.3 Å². The Morgan fingerprint density at radius 1 is 0.865 bits per heavy atom. The minimum absolute atomic E-state index is 0.181. The molecule has 0 saturated carbocycles. The molecule has 9 nitrogen and oxygen atoms in total. The maximum Gasteiger partial charge on any atom is 0.489 e. The van der Waals surface area contributed by atoms with Gasteiger partial charge in [-0.25, -0.2) is 0 Å². The molecule has 37 heavy (non-hydrogen) atoms. The number of piperidine rings is 1. The van der Waals surface area contributed by atoms with Crippen molar-refractivity contribution in [2.75, 3.05) is 13.1 Å². The lowest BCUT2D eigenvalue weighted by Crippen LogP contribution is -2.32. The molecular formula is C26H29B2N3O6. The topological polar surface area (TPSA) is 127 Å². The molecule has 0 spiro atoms. The minimum Gasteiger partial charge on any atom is -0.423 e. The average molecular weight is 503 g/mol. The third kappa shape index (κ3) is 7.75. The lowest BCUT2D eigenvalue weighted by Gasteiger charge is -2.26. The molecule has 190 valence electrons. The van der Waals surface area contributed by atoms with Gasteiger partial charge >= 0.3 is 14.2 Å². The summed E-state index contributed by atoms with van der Waals surface area (Å²) in [5.41, 5.74) is 2.29. The second kappa shape index (κ2) is 13.2. The Morgan fingerprint density at radius 3 is 2.46 bits per heavy atom. The molecule has 0 atom stereocenters. The molecule has 0 aromatic heterocycles. The summed E-state index contributed by atoms with van der Waals surface area (Å²) < 4.78 is 8.29. The number of benzene rings is 3. The van der Waals surface area contributed by atoms with E-state index in [1.807, 2.05) is 6.07 Å². The molecule has 0 radical (unpaired) electrons. The van der Waals surface area contributed by atoms with Crippen LogP contribution in [0.4, 0.5) is 0 Å². The summed E-state index contributed by atoms with van der Waals surface area (Å²) in [5, 5.41) is 45.8. The van der Waals surface area contributed by atoms with Crippen molar-refractivity contribution in [3.8, 4) is 11.5 Å². The molecule has 3 aromatic carbocycles. The van der Waals surface area contributed by atoms with Gasteiger partial charge in [0.15, 0.2) is 11.5 Å². The molecule has 1 fully saturated rings. The van der Waals surface area contributed by atoms with Gasteiger partial charge in [0, 0.05) is 18.2 Å². The maximum absolute atomic E-state index is 9.53. The Labute approximate surface area is 218 Å². The summed E-state index contributed by atoms with van der Waals surface area (Å²) in [6, 6.07) is 18.2. The van der Waals surface area contributed by atoms with Gasteiger partial charge in [-0.15, -0.1) is 0 Å². The van der Waals surface area contributed by atoms with E-state index in [-0.39, 0.29) is 11.7 Å². The number of nitrogens with zero attached hydrogens (tertiary/aromatic N) is 3. The van der Waals surface area contributed by atoms with E-state index in [0.717, 1.165) is 31.5 Å². The quantitative estimate of drug-likeness (QED) is 0.140. The van der Waals surface area contributed by atoms with Crippen LogP contribution in [-0.2, 0) is 6.54 Å². The lowest BCUT2D eigenvalue weighted by atomic mass is 9.26. The van der Waals surface area contributed by atoms with Crippen molar-refractivity contribution in [1.82, 2.24) is 4.90 Å². The fourth-order valence-electron chi connectivity index (χ4n) is 4.07. The van der Waals surface area contributed by atoms with Crippen LogP contribution in [0.15, 0.2) is 77.0 Å². The van der Waals surface area contributed by atoms with E-state index in [2.05, 4.69) is 15.2 Å². The van der Waals surface area contributed by atoms with Crippen LogP contribution in [0.5, 0.6) is 11.5 Å². The Kier molecular flexibility index (Phi) is 8.97. The zero-order valence-electron chi connectivity index (χ0n) is 21.3. The van der Waals surface area contributed by atoms with E-state index in [4.69, 9.17) is 11.0 Å². The van der Waals surface area contributed by atoms with Crippen LogP contribution in [-0.4, -0.2) is 64.7 Å². The summed E-state index contributed by atoms with van der Waals surface area (Å²) in [5.74, 6) is 0.769. The molecule has 0 bridgehead atoms. The minimum atomic E-state index is -1.65. The lowest BCUT2D eigenvalue weighted by molar-refractivity contribution is 0.216. The van der Waals surface area contributed by atoms with Gasteiger partial charge in [0.1, 0.15) is 0 Å². The third-order valence-corrected chi connectivity index (χ3v) is 6.01. The van der Waals surface area contributed by atoms with Gasteiger partial charge in [-0.1, -0.05) is 71.3 Å². The summed E-state index contributed by atoms with van der Waals surface area (Å²) in [7, 11) is -3.29. The maximum atomic E-state index is 9.53. The van der Waals surface area contributed by atoms with Gasteiger partial charge in [0.05, 0.1) is 13.8 Å². The first-order valence-corrected chi connectivity index (χ1v) is 12.1. The van der Waals surface area contributed by atoms with Crippen LogP contribution in [0.25, 0.3) is 0 Å². The zero-order chi connectivity index (χ0) is 26.9. The van der Waals surface area contributed by atoms with Gasteiger partial charge in [0.25, 0.3) is 0 Å². The molecule has 0 aliphatic carbocycles. The van der Waals surface area contributed by atoms with E-state index in [0.29, 0.717) is 34.6 Å².